The van der Waals surface area contributed by atoms with Gasteiger partial charge in [-0.15, -0.1) is 0 Å². The molecule has 1 heterocycles. The lowest BCUT2D eigenvalue weighted by atomic mass is 10.2. The first kappa shape index (κ1) is 10.5. The van der Waals surface area contributed by atoms with Crippen molar-refractivity contribution in [3.8, 4) is 0 Å². The first-order valence-corrected chi connectivity index (χ1v) is 5.58. The summed E-state index contributed by atoms with van der Waals surface area (Å²) >= 11 is 1.77. The van der Waals surface area contributed by atoms with Gasteiger partial charge in [0.1, 0.15) is 0 Å². The Hall–Kier alpha value is -0.540. The first-order valence-electron chi connectivity index (χ1n) is 4.43. The first-order chi connectivity index (χ1) is 6.33. The van der Waals surface area contributed by atoms with Crippen molar-refractivity contribution < 1.29 is 5.11 Å². The van der Waals surface area contributed by atoms with Crippen LogP contribution in [-0.2, 0) is 6.42 Å². The molecule has 0 saturated heterocycles. The zero-order valence-corrected chi connectivity index (χ0v) is 8.68. The number of pyridine rings is 1. The molecule has 1 aromatic rings. The average Bonchev–Trinajstić information content (AvgIpc) is 2.15. The normalized spacial score (nSPS) is 10.3. The Kier molecular flexibility index (Phi) is 4.86. The smallest absolute Gasteiger partial charge is 0.0521 e. The third-order valence-electron chi connectivity index (χ3n) is 1.74. The molecule has 0 aliphatic rings. The van der Waals surface area contributed by atoms with E-state index in [0.29, 0.717) is 0 Å². The molecule has 1 rings (SSSR count). The highest BCUT2D eigenvalue weighted by Gasteiger charge is 1.93. The van der Waals surface area contributed by atoms with Crippen molar-refractivity contribution >= 4 is 11.8 Å². The van der Waals surface area contributed by atoms with E-state index in [1.54, 1.807) is 11.8 Å². The fourth-order valence-electron chi connectivity index (χ4n) is 1.00. The van der Waals surface area contributed by atoms with E-state index < -0.39 is 0 Å². The van der Waals surface area contributed by atoms with Gasteiger partial charge >= 0.3 is 0 Å². The molecule has 0 aliphatic carbocycles. The van der Waals surface area contributed by atoms with Crippen LogP contribution in [0.4, 0.5) is 0 Å². The van der Waals surface area contributed by atoms with Crippen molar-refractivity contribution in [3.63, 3.8) is 0 Å². The maximum atomic E-state index is 8.57. The van der Waals surface area contributed by atoms with E-state index in [4.69, 9.17) is 5.11 Å². The zero-order chi connectivity index (χ0) is 9.52. The fourth-order valence-corrected chi connectivity index (χ4v) is 1.72. The zero-order valence-electron chi connectivity index (χ0n) is 7.86. The summed E-state index contributed by atoms with van der Waals surface area (Å²) in [6.45, 7) is 2.26. The van der Waals surface area contributed by atoms with Crippen LogP contribution >= 0.6 is 11.8 Å². The van der Waals surface area contributed by atoms with Crippen LogP contribution in [0.1, 0.15) is 11.3 Å². The number of aliphatic hydroxyl groups is 1. The number of thioether (sulfide) groups is 1. The number of nitrogens with zero attached hydrogens (tertiary/aromatic N) is 1. The highest BCUT2D eigenvalue weighted by Crippen LogP contribution is 2.06. The average molecular weight is 197 g/mol. The second-order valence-electron chi connectivity index (χ2n) is 2.89. The van der Waals surface area contributed by atoms with Gasteiger partial charge < -0.3 is 5.11 Å². The third kappa shape index (κ3) is 4.29. The molecule has 13 heavy (non-hydrogen) atoms. The summed E-state index contributed by atoms with van der Waals surface area (Å²) in [6, 6.07) is 4.15. The number of aliphatic hydroxyl groups excluding tert-OH is 1. The molecular weight excluding hydrogens is 182 g/mol. The number of aryl methyl sites for hydroxylation is 2. The van der Waals surface area contributed by atoms with E-state index in [0.717, 1.165) is 23.6 Å². The summed E-state index contributed by atoms with van der Waals surface area (Å²) in [5.74, 6) is 1.89. The topological polar surface area (TPSA) is 33.1 Å². The summed E-state index contributed by atoms with van der Waals surface area (Å²) in [5.41, 5.74) is 2.34. The second kappa shape index (κ2) is 6.00. The minimum absolute atomic E-state index is 0.275. The van der Waals surface area contributed by atoms with Crippen molar-refractivity contribution in [2.45, 2.75) is 13.3 Å². The van der Waals surface area contributed by atoms with E-state index >= 15 is 0 Å². The summed E-state index contributed by atoms with van der Waals surface area (Å²) in [6.07, 6.45) is 2.97. The van der Waals surface area contributed by atoms with Gasteiger partial charge in [-0.2, -0.15) is 11.8 Å². The van der Waals surface area contributed by atoms with Crippen LogP contribution in [0.15, 0.2) is 18.3 Å². The van der Waals surface area contributed by atoms with E-state index in [1.807, 2.05) is 19.2 Å². The van der Waals surface area contributed by atoms with Gasteiger partial charge in [-0.25, -0.2) is 0 Å². The maximum Gasteiger partial charge on any atom is 0.0521 e. The van der Waals surface area contributed by atoms with E-state index in [1.165, 1.54) is 5.56 Å². The molecule has 1 N–H and O–H groups in total. The fraction of sp³-hybridized carbons (Fsp3) is 0.500. The summed E-state index contributed by atoms with van der Waals surface area (Å²) in [4.78, 5) is 4.22. The molecule has 3 heteroatoms. The Labute approximate surface area is 83.4 Å². The molecule has 0 spiro atoms. The number of aromatic nitrogens is 1. The Morgan fingerprint density at radius 2 is 2.23 bits per heavy atom. The molecule has 2 nitrogen and oxygen atoms in total. The van der Waals surface area contributed by atoms with Gasteiger partial charge in [-0.3, -0.25) is 4.98 Å². The highest BCUT2D eigenvalue weighted by molar-refractivity contribution is 7.99. The van der Waals surface area contributed by atoms with E-state index in [-0.39, 0.29) is 6.61 Å². The van der Waals surface area contributed by atoms with Crippen LogP contribution < -0.4 is 0 Å². The molecule has 0 fully saturated rings. The van der Waals surface area contributed by atoms with Crippen LogP contribution in [0, 0.1) is 6.92 Å². The predicted molar refractivity (Wildman–Crippen MR) is 57.1 cm³/mol. The van der Waals surface area contributed by atoms with Gasteiger partial charge in [-0.1, -0.05) is 6.07 Å². The molecule has 0 aromatic carbocycles. The minimum atomic E-state index is 0.275. The number of hydrogen-bond donors (Lipinski definition) is 1. The highest BCUT2D eigenvalue weighted by atomic mass is 32.2. The molecular formula is C10H15NOS. The molecule has 0 bridgehead atoms. The van der Waals surface area contributed by atoms with Crippen molar-refractivity contribution in [1.82, 2.24) is 4.98 Å². The van der Waals surface area contributed by atoms with Crippen molar-refractivity contribution in [1.29, 1.82) is 0 Å². The SMILES string of the molecule is Cc1ccc(CCSCCO)cn1. The van der Waals surface area contributed by atoms with Crippen molar-refractivity contribution in [2.75, 3.05) is 18.1 Å². The lowest BCUT2D eigenvalue weighted by Gasteiger charge is -2.00. The molecule has 0 atom stereocenters. The van der Waals surface area contributed by atoms with Gasteiger partial charge in [0.15, 0.2) is 0 Å². The molecule has 0 aliphatic heterocycles. The molecule has 0 radical (unpaired) electrons. The molecule has 0 unspecified atom stereocenters. The summed E-state index contributed by atoms with van der Waals surface area (Å²) < 4.78 is 0. The van der Waals surface area contributed by atoms with Crippen LogP contribution in [0.25, 0.3) is 0 Å². The number of hydrogen-bond acceptors (Lipinski definition) is 3. The van der Waals surface area contributed by atoms with E-state index in [2.05, 4.69) is 11.1 Å². The monoisotopic (exact) mass is 197 g/mol. The van der Waals surface area contributed by atoms with Crippen LogP contribution in [-0.4, -0.2) is 28.2 Å². The largest absolute Gasteiger partial charge is 0.396 e. The molecule has 0 amide bonds. The van der Waals surface area contributed by atoms with Gasteiger partial charge in [-0.05, 0) is 30.7 Å². The van der Waals surface area contributed by atoms with Crippen LogP contribution in [0.3, 0.4) is 0 Å². The lowest BCUT2D eigenvalue weighted by molar-refractivity contribution is 0.322. The molecule has 1 aromatic heterocycles. The lowest BCUT2D eigenvalue weighted by Crippen LogP contribution is -1.93. The van der Waals surface area contributed by atoms with Gasteiger partial charge in [0.25, 0.3) is 0 Å². The summed E-state index contributed by atoms with van der Waals surface area (Å²) in [5, 5.41) is 8.57. The van der Waals surface area contributed by atoms with Gasteiger partial charge in [0, 0.05) is 17.6 Å². The number of rotatable bonds is 5. The van der Waals surface area contributed by atoms with Crippen LogP contribution in [0.5, 0.6) is 0 Å². The molecule has 0 saturated carbocycles. The molecule has 72 valence electrons. The van der Waals surface area contributed by atoms with Crippen molar-refractivity contribution in [3.05, 3.63) is 29.6 Å². The Morgan fingerprint density at radius 3 is 2.85 bits per heavy atom. The Balaban J connectivity index is 2.25. The second-order valence-corrected chi connectivity index (χ2v) is 4.12. The van der Waals surface area contributed by atoms with Gasteiger partial charge in [0.2, 0.25) is 0 Å². The summed E-state index contributed by atoms with van der Waals surface area (Å²) in [7, 11) is 0. The van der Waals surface area contributed by atoms with Gasteiger partial charge in [0.05, 0.1) is 6.61 Å². The Bertz CT molecular complexity index is 235. The predicted octanol–water partition coefficient (Wildman–Crippen LogP) is 1.66. The third-order valence-corrected chi connectivity index (χ3v) is 2.71. The van der Waals surface area contributed by atoms with Crippen LogP contribution in [0.2, 0.25) is 0 Å². The standard InChI is InChI=1S/C10H15NOS/c1-9-2-3-10(8-11-9)4-6-13-7-5-12/h2-3,8,12H,4-7H2,1H3. The van der Waals surface area contributed by atoms with E-state index in [9.17, 15) is 0 Å². The Morgan fingerprint density at radius 1 is 1.38 bits per heavy atom. The minimum Gasteiger partial charge on any atom is -0.396 e. The maximum absolute atomic E-state index is 8.57. The quantitative estimate of drug-likeness (QED) is 0.729. The van der Waals surface area contributed by atoms with Crippen molar-refractivity contribution in [2.24, 2.45) is 0 Å².